The fraction of sp³-hybridized carbons (Fsp3) is 0.167. The lowest BCUT2D eigenvalue weighted by atomic mass is 10.4. The van der Waals surface area contributed by atoms with Crippen LogP contribution in [0.4, 0.5) is 0 Å². The Morgan fingerprint density at radius 1 is 1.50 bits per heavy atom. The van der Waals surface area contributed by atoms with Crippen molar-refractivity contribution in [3.8, 4) is 11.5 Å². The summed E-state index contributed by atoms with van der Waals surface area (Å²) in [4.78, 5) is 0. The third-order valence-electron chi connectivity index (χ3n) is 1.35. The summed E-state index contributed by atoms with van der Waals surface area (Å²) in [6, 6.07) is 0. The van der Waals surface area contributed by atoms with Gasteiger partial charge in [0.1, 0.15) is 0 Å². The molecule has 2 aromatic rings. The Labute approximate surface area is 81.9 Å². The fourth-order valence-electron chi connectivity index (χ4n) is 0.854. The lowest BCUT2D eigenvalue weighted by Gasteiger charge is -1.83. The Balaban J connectivity index is 2.43. The Hall–Kier alpha value is -0.920. The average Bonchev–Trinajstić information content (AvgIpc) is 2.58. The van der Waals surface area contributed by atoms with Crippen molar-refractivity contribution in [1.82, 2.24) is 20.0 Å². The molecule has 0 aliphatic carbocycles. The maximum atomic E-state index is 5.19. The largest absolute Gasteiger partial charge is 0.412 e. The summed E-state index contributed by atoms with van der Waals surface area (Å²) in [5, 5.41) is 11.5. The van der Waals surface area contributed by atoms with Gasteiger partial charge in [0.2, 0.25) is 0 Å². The minimum absolute atomic E-state index is 0.507. The third kappa shape index (κ3) is 1.33. The van der Waals surface area contributed by atoms with E-state index in [1.54, 1.807) is 10.9 Å². The van der Waals surface area contributed by atoms with Gasteiger partial charge in [0, 0.05) is 35.8 Å². The van der Waals surface area contributed by atoms with Crippen molar-refractivity contribution >= 4 is 22.6 Å². The highest BCUT2D eigenvalue weighted by atomic mass is 127. The van der Waals surface area contributed by atoms with Crippen LogP contribution in [-0.4, -0.2) is 20.0 Å². The number of aryl methyl sites for hydroxylation is 1. The minimum Gasteiger partial charge on any atom is -0.412 e. The maximum Gasteiger partial charge on any atom is 0.278 e. The Morgan fingerprint density at radius 3 is 2.83 bits per heavy atom. The number of rotatable bonds is 1. The van der Waals surface area contributed by atoms with Crippen LogP contribution in [0.5, 0.6) is 0 Å². The van der Waals surface area contributed by atoms with E-state index >= 15 is 0 Å². The summed E-state index contributed by atoms with van der Waals surface area (Å²) in [7, 11) is 1.84. The molecule has 0 atom stereocenters. The van der Waals surface area contributed by atoms with E-state index in [0.29, 0.717) is 9.79 Å². The van der Waals surface area contributed by atoms with Gasteiger partial charge in [-0.1, -0.05) is 0 Å². The van der Waals surface area contributed by atoms with E-state index in [0.717, 1.165) is 5.56 Å². The first-order chi connectivity index (χ1) is 5.75. The Morgan fingerprint density at radius 2 is 2.33 bits per heavy atom. The molecule has 2 heterocycles. The van der Waals surface area contributed by atoms with Crippen LogP contribution in [0.3, 0.4) is 0 Å². The van der Waals surface area contributed by atoms with Gasteiger partial charge in [-0.25, -0.2) is 0 Å². The molecule has 0 radical (unpaired) electrons. The predicted molar refractivity (Wildman–Crippen MR) is 49.2 cm³/mol. The molecule has 6 heteroatoms. The highest BCUT2D eigenvalue weighted by Crippen LogP contribution is 2.16. The van der Waals surface area contributed by atoms with Gasteiger partial charge in [0.15, 0.2) is 0 Å². The second-order valence-electron chi connectivity index (χ2n) is 2.26. The summed E-state index contributed by atoms with van der Waals surface area (Å²) in [5.41, 5.74) is 0.841. The molecule has 12 heavy (non-hydrogen) atoms. The van der Waals surface area contributed by atoms with Gasteiger partial charge in [-0.15, -0.1) is 10.2 Å². The van der Waals surface area contributed by atoms with Crippen molar-refractivity contribution < 1.29 is 4.42 Å². The van der Waals surface area contributed by atoms with Gasteiger partial charge in [-0.3, -0.25) is 4.68 Å². The van der Waals surface area contributed by atoms with Crippen LogP contribution in [0, 0.1) is 3.90 Å². The van der Waals surface area contributed by atoms with Gasteiger partial charge in [0.25, 0.3) is 9.79 Å². The number of aromatic nitrogens is 4. The standard InChI is InChI=1S/C6H5IN4O/c1-11-3-4(2-8-11)5-9-10-6(7)12-5/h2-3H,1H3. The first kappa shape index (κ1) is 7.71. The lowest BCUT2D eigenvalue weighted by Crippen LogP contribution is -1.84. The van der Waals surface area contributed by atoms with E-state index in [1.165, 1.54) is 0 Å². The van der Waals surface area contributed by atoms with E-state index in [-0.39, 0.29) is 0 Å². The van der Waals surface area contributed by atoms with Gasteiger partial charge >= 0.3 is 0 Å². The lowest BCUT2D eigenvalue weighted by molar-refractivity contribution is 0.537. The van der Waals surface area contributed by atoms with E-state index in [4.69, 9.17) is 4.42 Å². The zero-order valence-corrected chi connectivity index (χ0v) is 8.39. The summed E-state index contributed by atoms with van der Waals surface area (Å²) < 4.78 is 7.41. The molecular weight excluding hydrogens is 271 g/mol. The van der Waals surface area contributed by atoms with Crippen molar-refractivity contribution in [3.63, 3.8) is 0 Å². The minimum atomic E-state index is 0.507. The molecule has 0 aromatic carbocycles. The second-order valence-corrected chi connectivity index (χ2v) is 3.19. The van der Waals surface area contributed by atoms with Crippen molar-refractivity contribution in [2.45, 2.75) is 0 Å². The number of hydrogen-bond donors (Lipinski definition) is 0. The second kappa shape index (κ2) is 2.85. The van der Waals surface area contributed by atoms with Crippen molar-refractivity contribution in [2.24, 2.45) is 7.05 Å². The quantitative estimate of drug-likeness (QED) is 0.731. The van der Waals surface area contributed by atoms with E-state index in [9.17, 15) is 0 Å². The molecule has 0 fully saturated rings. The highest BCUT2D eigenvalue weighted by molar-refractivity contribution is 14.1. The monoisotopic (exact) mass is 276 g/mol. The molecule has 0 saturated carbocycles. The van der Waals surface area contributed by atoms with Crippen LogP contribution in [0.1, 0.15) is 0 Å². The van der Waals surface area contributed by atoms with Gasteiger partial charge in [-0.05, 0) is 0 Å². The molecule has 0 saturated heterocycles. The molecule has 2 aromatic heterocycles. The molecule has 0 spiro atoms. The van der Waals surface area contributed by atoms with Crippen molar-refractivity contribution in [1.29, 1.82) is 0 Å². The Bertz CT molecular complexity index is 355. The van der Waals surface area contributed by atoms with Crippen molar-refractivity contribution in [2.75, 3.05) is 0 Å². The molecule has 2 rings (SSSR count). The van der Waals surface area contributed by atoms with E-state index in [1.807, 2.05) is 35.8 Å². The summed E-state index contributed by atoms with van der Waals surface area (Å²) in [6.45, 7) is 0. The van der Waals surface area contributed by atoms with Crippen molar-refractivity contribution in [3.05, 3.63) is 16.3 Å². The van der Waals surface area contributed by atoms with Gasteiger partial charge in [0.05, 0.1) is 11.8 Å². The molecule has 0 amide bonds. The summed E-state index contributed by atoms with van der Waals surface area (Å²) in [5.74, 6) is 0.507. The maximum absolute atomic E-state index is 5.19. The van der Waals surface area contributed by atoms with Crippen LogP contribution >= 0.6 is 22.6 Å². The molecule has 0 N–H and O–H groups in total. The van der Waals surface area contributed by atoms with Gasteiger partial charge in [-0.2, -0.15) is 5.10 Å². The topological polar surface area (TPSA) is 56.7 Å². The summed E-state index contributed by atoms with van der Waals surface area (Å²) in [6.07, 6.45) is 3.51. The van der Waals surface area contributed by atoms with E-state index in [2.05, 4.69) is 15.3 Å². The van der Waals surface area contributed by atoms with E-state index < -0.39 is 0 Å². The van der Waals surface area contributed by atoms with Crippen LogP contribution in [-0.2, 0) is 7.05 Å². The first-order valence-electron chi connectivity index (χ1n) is 3.24. The SMILES string of the molecule is Cn1cc(-c2nnc(I)o2)cn1. The molecule has 62 valence electrons. The zero-order chi connectivity index (χ0) is 8.55. The van der Waals surface area contributed by atoms with Crippen LogP contribution in [0.25, 0.3) is 11.5 Å². The zero-order valence-electron chi connectivity index (χ0n) is 6.23. The average molecular weight is 276 g/mol. The smallest absolute Gasteiger partial charge is 0.278 e. The molecule has 0 aliphatic rings. The summed E-state index contributed by atoms with van der Waals surface area (Å²) >= 11 is 1.97. The number of halogens is 1. The Kier molecular flexibility index (Phi) is 1.83. The molecular formula is C6H5IN4O. The molecule has 5 nitrogen and oxygen atoms in total. The molecule has 0 unspecified atom stereocenters. The molecule has 0 aliphatic heterocycles. The predicted octanol–water partition coefficient (Wildman–Crippen LogP) is 1.07. The molecule has 0 bridgehead atoms. The third-order valence-corrected chi connectivity index (χ3v) is 1.79. The van der Waals surface area contributed by atoms with Crippen LogP contribution in [0.2, 0.25) is 0 Å². The van der Waals surface area contributed by atoms with Crippen LogP contribution < -0.4 is 0 Å². The number of hydrogen-bond acceptors (Lipinski definition) is 4. The normalized spacial score (nSPS) is 10.5. The first-order valence-corrected chi connectivity index (χ1v) is 4.31. The van der Waals surface area contributed by atoms with Gasteiger partial charge < -0.3 is 4.42 Å². The fourth-order valence-corrected chi connectivity index (χ4v) is 1.17. The number of nitrogens with zero attached hydrogens (tertiary/aromatic N) is 4. The van der Waals surface area contributed by atoms with Crippen LogP contribution in [0.15, 0.2) is 16.8 Å². The highest BCUT2D eigenvalue weighted by Gasteiger charge is 2.07.